The van der Waals surface area contributed by atoms with E-state index in [9.17, 15) is 0 Å². The van der Waals surface area contributed by atoms with Gasteiger partial charge in [0.2, 0.25) is 0 Å². The molecule has 72 valence electrons. The monoisotopic (exact) mass is 188 g/mol. The molecule has 0 amide bonds. The molecule has 1 unspecified atom stereocenters. The summed E-state index contributed by atoms with van der Waals surface area (Å²) < 4.78 is 5.60. The highest BCUT2D eigenvalue weighted by molar-refractivity contribution is 5.18. The van der Waals surface area contributed by atoms with Gasteiger partial charge < -0.3 is 9.64 Å². The van der Waals surface area contributed by atoms with Crippen LogP contribution in [0.3, 0.4) is 0 Å². The number of benzene rings is 1. The Balaban J connectivity index is 2.09. The topological polar surface area (TPSA) is 36.3 Å². The molecule has 0 N–H and O–H groups in total. The average Bonchev–Trinajstić information content (AvgIpc) is 2.30. The van der Waals surface area contributed by atoms with E-state index in [4.69, 9.17) is 10.00 Å². The lowest BCUT2D eigenvalue weighted by atomic mass is 10.1. The number of hydrogen-bond donors (Lipinski definition) is 0. The maximum Gasteiger partial charge on any atom is 0.179 e. The molecule has 14 heavy (non-hydrogen) atoms. The predicted octanol–water partition coefficient (Wildman–Crippen LogP) is 1.54. The molecule has 0 spiro atoms. The zero-order valence-corrected chi connectivity index (χ0v) is 7.89. The third-order valence-corrected chi connectivity index (χ3v) is 2.38. The molecule has 2 rings (SSSR count). The van der Waals surface area contributed by atoms with Crippen molar-refractivity contribution in [2.24, 2.45) is 0 Å². The Bertz CT molecular complexity index is 331. The lowest BCUT2D eigenvalue weighted by Gasteiger charge is -2.29. The molecular formula is C11H12N2O. The van der Waals surface area contributed by atoms with E-state index in [0.29, 0.717) is 19.7 Å². The van der Waals surface area contributed by atoms with Crippen LogP contribution >= 0.6 is 0 Å². The van der Waals surface area contributed by atoms with Crippen LogP contribution in [-0.2, 0) is 4.74 Å². The summed E-state index contributed by atoms with van der Waals surface area (Å²) in [4.78, 5) is 1.74. The smallest absolute Gasteiger partial charge is 0.179 e. The number of nitrogens with zero attached hydrogens (tertiary/aromatic N) is 2. The summed E-state index contributed by atoms with van der Waals surface area (Å²) in [5.41, 5.74) is 1.15. The van der Waals surface area contributed by atoms with E-state index in [0.717, 1.165) is 5.56 Å². The van der Waals surface area contributed by atoms with Crippen molar-refractivity contribution in [2.45, 2.75) is 6.10 Å². The van der Waals surface area contributed by atoms with Crippen molar-refractivity contribution in [3.05, 3.63) is 35.9 Å². The molecule has 1 aromatic carbocycles. The average molecular weight is 188 g/mol. The third kappa shape index (κ3) is 1.86. The van der Waals surface area contributed by atoms with Crippen LogP contribution in [-0.4, -0.2) is 24.6 Å². The van der Waals surface area contributed by atoms with Gasteiger partial charge in [0.25, 0.3) is 0 Å². The molecule has 3 heteroatoms. The molecule has 1 aliphatic heterocycles. The number of morpholine rings is 1. The summed E-state index contributed by atoms with van der Waals surface area (Å²) >= 11 is 0. The van der Waals surface area contributed by atoms with Crippen molar-refractivity contribution < 1.29 is 4.74 Å². The van der Waals surface area contributed by atoms with Crippen LogP contribution < -0.4 is 0 Å². The summed E-state index contributed by atoms with van der Waals surface area (Å²) in [7, 11) is 0. The Hall–Kier alpha value is -1.53. The number of nitriles is 1. The molecule has 1 aliphatic rings. The first-order valence-corrected chi connectivity index (χ1v) is 4.71. The van der Waals surface area contributed by atoms with E-state index in [1.165, 1.54) is 0 Å². The zero-order chi connectivity index (χ0) is 9.80. The first kappa shape index (κ1) is 9.04. The molecule has 0 bridgehead atoms. The van der Waals surface area contributed by atoms with Gasteiger partial charge in [-0.3, -0.25) is 0 Å². The number of hydrogen-bond acceptors (Lipinski definition) is 3. The van der Waals surface area contributed by atoms with Crippen LogP contribution in [0.25, 0.3) is 0 Å². The first-order valence-electron chi connectivity index (χ1n) is 4.71. The van der Waals surface area contributed by atoms with E-state index in [1.807, 2.05) is 30.3 Å². The summed E-state index contributed by atoms with van der Waals surface area (Å²) in [6.07, 6.45) is 2.20. The van der Waals surface area contributed by atoms with Crippen molar-refractivity contribution in [3.63, 3.8) is 0 Å². The number of ether oxygens (including phenoxy) is 1. The highest BCUT2D eigenvalue weighted by Crippen LogP contribution is 2.21. The minimum Gasteiger partial charge on any atom is -0.370 e. The molecule has 1 fully saturated rings. The normalized spacial score (nSPS) is 21.6. The quantitative estimate of drug-likeness (QED) is 0.627. The van der Waals surface area contributed by atoms with Gasteiger partial charge in [0.1, 0.15) is 6.10 Å². The van der Waals surface area contributed by atoms with Gasteiger partial charge in [0, 0.05) is 0 Å². The Labute approximate surface area is 83.5 Å². The number of rotatable bonds is 1. The Morgan fingerprint density at radius 2 is 2.14 bits per heavy atom. The maximum absolute atomic E-state index is 8.78. The van der Waals surface area contributed by atoms with E-state index in [-0.39, 0.29) is 6.10 Å². The summed E-state index contributed by atoms with van der Waals surface area (Å²) in [6, 6.07) is 10.0. The van der Waals surface area contributed by atoms with Crippen LogP contribution in [0.2, 0.25) is 0 Å². The van der Waals surface area contributed by atoms with Crippen LogP contribution in [0.15, 0.2) is 30.3 Å². The van der Waals surface area contributed by atoms with E-state index in [2.05, 4.69) is 6.19 Å². The van der Waals surface area contributed by atoms with Crippen molar-refractivity contribution in [1.29, 1.82) is 5.26 Å². The lowest BCUT2D eigenvalue weighted by Crippen LogP contribution is -2.34. The fraction of sp³-hybridized carbons (Fsp3) is 0.364. The second-order valence-electron chi connectivity index (χ2n) is 3.32. The summed E-state index contributed by atoms with van der Waals surface area (Å²) in [5, 5.41) is 8.78. The molecule has 0 radical (unpaired) electrons. The van der Waals surface area contributed by atoms with Crippen LogP contribution in [0, 0.1) is 11.5 Å². The van der Waals surface area contributed by atoms with Gasteiger partial charge in [-0.2, -0.15) is 5.26 Å². The minimum absolute atomic E-state index is 0.0459. The Morgan fingerprint density at radius 1 is 1.36 bits per heavy atom. The van der Waals surface area contributed by atoms with Crippen molar-refractivity contribution >= 4 is 0 Å². The molecule has 1 aromatic rings. The predicted molar refractivity (Wildman–Crippen MR) is 52.3 cm³/mol. The van der Waals surface area contributed by atoms with Gasteiger partial charge in [-0.05, 0) is 5.56 Å². The fourth-order valence-electron chi connectivity index (χ4n) is 1.61. The molecule has 1 heterocycles. The largest absolute Gasteiger partial charge is 0.370 e. The molecule has 0 aliphatic carbocycles. The van der Waals surface area contributed by atoms with Gasteiger partial charge in [-0.15, -0.1) is 0 Å². The fourth-order valence-corrected chi connectivity index (χ4v) is 1.61. The highest BCUT2D eigenvalue weighted by Gasteiger charge is 2.20. The van der Waals surface area contributed by atoms with E-state index < -0.39 is 0 Å². The Kier molecular flexibility index (Phi) is 2.66. The van der Waals surface area contributed by atoms with Crippen molar-refractivity contribution in [3.8, 4) is 6.19 Å². The van der Waals surface area contributed by atoms with Gasteiger partial charge in [-0.25, -0.2) is 0 Å². The molecule has 1 atom stereocenters. The molecule has 0 saturated carbocycles. The minimum atomic E-state index is 0.0459. The van der Waals surface area contributed by atoms with E-state index in [1.54, 1.807) is 4.90 Å². The van der Waals surface area contributed by atoms with E-state index >= 15 is 0 Å². The molecule has 1 saturated heterocycles. The molecule has 3 nitrogen and oxygen atoms in total. The standard InChI is InChI=1S/C11H12N2O/c12-9-13-6-7-14-11(8-13)10-4-2-1-3-5-10/h1-5,11H,6-8H2. The SMILES string of the molecule is N#CN1CCOC(c2ccccc2)C1. The summed E-state index contributed by atoms with van der Waals surface area (Å²) in [5.74, 6) is 0. The van der Waals surface area contributed by atoms with Gasteiger partial charge in [0.05, 0.1) is 19.7 Å². The van der Waals surface area contributed by atoms with Crippen molar-refractivity contribution in [2.75, 3.05) is 19.7 Å². The van der Waals surface area contributed by atoms with Crippen LogP contribution in [0.1, 0.15) is 11.7 Å². The Morgan fingerprint density at radius 3 is 2.86 bits per heavy atom. The summed E-state index contributed by atoms with van der Waals surface area (Å²) in [6.45, 7) is 2.01. The zero-order valence-electron chi connectivity index (χ0n) is 7.89. The first-order chi connectivity index (χ1) is 6.90. The van der Waals surface area contributed by atoms with Gasteiger partial charge in [0.15, 0.2) is 6.19 Å². The van der Waals surface area contributed by atoms with Crippen molar-refractivity contribution in [1.82, 2.24) is 4.90 Å². The van der Waals surface area contributed by atoms with Gasteiger partial charge in [-0.1, -0.05) is 30.3 Å². The molecule has 0 aromatic heterocycles. The van der Waals surface area contributed by atoms with Crippen LogP contribution in [0.4, 0.5) is 0 Å². The second-order valence-corrected chi connectivity index (χ2v) is 3.32. The molecular weight excluding hydrogens is 176 g/mol. The van der Waals surface area contributed by atoms with Gasteiger partial charge >= 0.3 is 0 Å². The second kappa shape index (κ2) is 4.12. The lowest BCUT2D eigenvalue weighted by molar-refractivity contribution is -0.0110. The maximum atomic E-state index is 8.78. The third-order valence-electron chi connectivity index (χ3n) is 2.38. The van der Waals surface area contributed by atoms with Crippen LogP contribution in [0.5, 0.6) is 0 Å². The highest BCUT2D eigenvalue weighted by atomic mass is 16.5.